The minimum absolute atomic E-state index is 0.0110. The molecule has 0 saturated carbocycles. The Balaban J connectivity index is 2.06. The van der Waals surface area contributed by atoms with Gasteiger partial charge in [-0.15, -0.1) is 0 Å². The van der Waals surface area contributed by atoms with Gasteiger partial charge < -0.3 is 14.5 Å². The summed E-state index contributed by atoms with van der Waals surface area (Å²) >= 11 is 0. The van der Waals surface area contributed by atoms with E-state index in [9.17, 15) is 9.59 Å². The molecule has 1 aliphatic heterocycles. The van der Waals surface area contributed by atoms with Gasteiger partial charge in [-0.25, -0.2) is 0 Å². The van der Waals surface area contributed by atoms with E-state index in [1.165, 1.54) is 0 Å². The maximum atomic E-state index is 12.5. The van der Waals surface area contributed by atoms with Crippen molar-refractivity contribution in [3.63, 3.8) is 0 Å². The fourth-order valence-corrected chi connectivity index (χ4v) is 2.57. The fraction of sp³-hybridized carbons (Fsp3) is 0.444. The number of ether oxygens (including phenoxy) is 1. The third-order valence-corrected chi connectivity index (χ3v) is 4.01. The first-order chi connectivity index (χ1) is 10.9. The molecular formula is C18H24N2O3. The predicted molar refractivity (Wildman–Crippen MR) is 89.0 cm³/mol. The monoisotopic (exact) mass is 316 g/mol. The number of hydrogen-bond acceptors (Lipinski definition) is 3. The van der Waals surface area contributed by atoms with Crippen LogP contribution < -0.4 is 4.74 Å². The molecule has 0 radical (unpaired) electrons. The molecule has 5 heteroatoms. The van der Waals surface area contributed by atoms with Crippen molar-refractivity contribution in [2.75, 3.05) is 20.2 Å². The summed E-state index contributed by atoms with van der Waals surface area (Å²) in [4.78, 5) is 28.1. The molecule has 2 amide bonds. The van der Waals surface area contributed by atoms with Crippen molar-refractivity contribution in [1.29, 1.82) is 0 Å². The Morgan fingerprint density at radius 1 is 1.26 bits per heavy atom. The molecule has 0 bridgehead atoms. The smallest absolute Gasteiger partial charge is 0.245 e. The molecule has 124 valence electrons. The van der Waals surface area contributed by atoms with Crippen LogP contribution in [0.25, 0.3) is 0 Å². The van der Waals surface area contributed by atoms with Gasteiger partial charge in [0, 0.05) is 13.1 Å². The summed E-state index contributed by atoms with van der Waals surface area (Å²) in [5, 5.41) is 0. The SMILES string of the molecule is COc1ccc(CN2CC(=O)N(CC=C(C)C)[C@@H](C)C2=O)cc1. The first-order valence-corrected chi connectivity index (χ1v) is 7.77. The highest BCUT2D eigenvalue weighted by molar-refractivity contribution is 5.94. The summed E-state index contributed by atoms with van der Waals surface area (Å²) in [5.41, 5.74) is 2.12. The Morgan fingerprint density at radius 2 is 1.91 bits per heavy atom. The zero-order chi connectivity index (χ0) is 17.0. The molecule has 1 saturated heterocycles. The van der Waals surface area contributed by atoms with Gasteiger partial charge in [0.15, 0.2) is 0 Å². The zero-order valence-electron chi connectivity index (χ0n) is 14.2. The second kappa shape index (κ2) is 7.31. The first-order valence-electron chi connectivity index (χ1n) is 7.77. The summed E-state index contributed by atoms with van der Waals surface area (Å²) in [7, 11) is 1.62. The number of piperazine rings is 1. The number of hydrogen-bond donors (Lipinski definition) is 0. The summed E-state index contributed by atoms with van der Waals surface area (Å²) in [6, 6.07) is 7.12. The van der Waals surface area contributed by atoms with Crippen LogP contribution in [-0.4, -0.2) is 47.9 Å². The molecule has 1 heterocycles. The Hall–Kier alpha value is -2.30. The third-order valence-electron chi connectivity index (χ3n) is 4.01. The van der Waals surface area contributed by atoms with Crippen molar-refractivity contribution in [1.82, 2.24) is 9.80 Å². The lowest BCUT2D eigenvalue weighted by atomic mass is 10.1. The van der Waals surface area contributed by atoms with Crippen LogP contribution in [0.3, 0.4) is 0 Å². The largest absolute Gasteiger partial charge is 0.497 e. The second-order valence-electron chi connectivity index (χ2n) is 6.05. The van der Waals surface area contributed by atoms with Gasteiger partial charge >= 0.3 is 0 Å². The summed E-state index contributed by atoms with van der Waals surface area (Å²) in [5.74, 6) is 0.752. The van der Waals surface area contributed by atoms with Crippen molar-refractivity contribution in [3.05, 3.63) is 41.5 Å². The van der Waals surface area contributed by atoms with Gasteiger partial charge in [0.05, 0.1) is 7.11 Å². The number of carbonyl (C=O) groups is 2. The number of benzene rings is 1. The molecule has 1 aromatic carbocycles. The molecule has 2 rings (SSSR count). The molecule has 1 aliphatic rings. The average Bonchev–Trinajstić information content (AvgIpc) is 2.52. The molecule has 0 N–H and O–H groups in total. The van der Waals surface area contributed by atoms with Crippen LogP contribution in [0.2, 0.25) is 0 Å². The first kappa shape index (κ1) is 17.1. The Morgan fingerprint density at radius 3 is 2.48 bits per heavy atom. The van der Waals surface area contributed by atoms with E-state index in [1.54, 1.807) is 23.8 Å². The lowest BCUT2D eigenvalue weighted by Gasteiger charge is -2.38. The van der Waals surface area contributed by atoms with E-state index in [4.69, 9.17) is 4.74 Å². The molecular weight excluding hydrogens is 292 g/mol. The maximum absolute atomic E-state index is 12.5. The van der Waals surface area contributed by atoms with Crippen LogP contribution in [0.5, 0.6) is 5.75 Å². The number of amides is 2. The fourth-order valence-electron chi connectivity index (χ4n) is 2.57. The van der Waals surface area contributed by atoms with E-state index in [0.29, 0.717) is 13.1 Å². The van der Waals surface area contributed by atoms with Gasteiger partial charge in [-0.05, 0) is 38.5 Å². The lowest BCUT2D eigenvalue weighted by Crippen LogP contribution is -2.58. The van der Waals surface area contributed by atoms with Crippen LogP contribution in [0.1, 0.15) is 26.3 Å². The third kappa shape index (κ3) is 4.12. The normalized spacial score (nSPS) is 18.2. The number of carbonyl (C=O) groups excluding carboxylic acids is 2. The van der Waals surface area contributed by atoms with Crippen LogP contribution in [0.4, 0.5) is 0 Å². The van der Waals surface area contributed by atoms with Crippen molar-refractivity contribution < 1.29 is 14.3 Å². The minimum atomic E-state index is -0.426. The van der Waals surface area contributed by atoms with Crippen molar-refractivity contribution >= 4 is 11.8 Å². The van der Waals surface area contributed by atoms with E-state index in [2.05, 4.69) is 0 Å². The van der Waals surface area contributed by atoms with E-state index in [1.807, 2.05) is 44.2 Å². The van der Waals surface area contributed by atoms with E-state index in [0.717, 1.165) is 16.9 Å². The summed E-state index contributed by atoms with van der Waals surface area (Å²) < 4.78 is 5.13. The average molecular weight is 316 g/mol. The second-order valence-corrected chi connectivity index (χ2v) is 6.05. The Labute approximate surface area is 137 Å². The van der Waals surface area contributed by atoms with Gasteiger partial charge in [0.1, 0.15) is 18.3 Å². The topological polar surface area (TPSA) is 49.9 Å². The Bertz CT molecular complexity index is 603. The van der Waals surface area contributed by atoms with Gasteiger partial charge in [0.25, 0.3) is 0 Å². The van der Waals surface area contributed by atoms with Crippen molar-refractivity contribution in [2.45, 2.75) is 33.4 Å². The Kier molecular flexibility index (Phi) is 5.42. The highest BCUT2D eigenvalue weighted by Crippen LogP contribution is 2.18. The van der Waals surface area contributed by atoms with Gasteiger partial charge in [-0.3, -0.25) is 9.59 Å². The van der Waals surface area contributed by atoms with E-state index < -0.39 is 6.04 Å². The number of allylic oxidation sites excluding steroid dienone is 1. The maximum Gasteiger partial charge on any atom is 0.245 e. The minimum Gasteiger partial charge on any atom is -0.497 e. The van der Waals surface area contributed by atoms with Crippen LogP contribution >= 0.6 is 0 Å². The number of methoxy groups -OCH3 is 1. The van der Waals surface area contributed by atoms with Crippen molar-refractivity contribution in [2.24, 2.45) is 0 Å². The molecule has 0 aliphatic carbocycles. The molecule has 5 nitrogen and oxygen atoms in total. The van der Waals surface area contributed by atoms with Gasteiger partial charge in [-0.1, -0.05) is 23.8 Å². The van der Waals surface area contributed by atoms with Crippen LogP contribution in [0, 0.1) is 0 Å². The lowest BCUT2D eigenvalue weighted by molar-refractivity contribution is -0.155. The van der Waals surface area contributed by atoms with Crippen LogP contribution in [-0.2, 0) is 16.1 Å². The van der Waals surface area contributed by atoms with E-state index >= 15 is 0 Å². The highest BCUT2D eigenvalue weighted by atomic mass is 16.5. The number of rotatable bonds is 5. The highest BCUT2D eigenvalue weighted by Gasteiger charge is 2.35. The zero-order valence-corrected chi connectivity index (χ0v) is 14.2. The number of nitrogens with zero attached hydrogens (tertiary/aromatic N) is 2. The summed E-state index contributed by atoms with van der Waals surface area (Å²) in [6.45, 7) is 6.82. The molecule has 1 aromatic rings. The van der Waals surface area contributed by atoms with Crippen molar-refractivity contribution in [3.8, 4) is 5.75 Å². The quantitative estimate of drug-likeness (QED) is 0.783. The van der Waals surface area contributed by atoms with Crippen LogP contribution in [0.15, 0.2) is 35.9 Å². The molecule has 1 fully saturated rings. The molecule has 1 atom stereocenters. The predicted octanol–water partition coefficient (Wildman–Crippen LogP) is 2.22. The molecule has 0 aromatic heterocycles. The standard InChI is InChI=1S/C18H24N2O3/c1-13(2)9-10-20-14(3)18(22)19(12-17(20)21)11-15-5-7-16(23-4)8-6-15/h5-9,14H,10-12H2,1-4H3/t14-/m0/s1. The molecule has 0 unspecified atom stereocenters. The van der Waals surface area contributed by atoms with Gasteiger partial charge in [-0.2, -0.15) is 0 Å². The molecule has 23 heavy (non-hydrogen) atoms. The summed E-state index contributed by atoms with van der Waals surface area (Å²) in [6.07, 6.45) is 1.97. The van der Waals surface area contributed by atoms with E-state index in [-0.39, 0.29) is 18.4 Å². The molecule has 0 spiro atoms. The van der Waals surface area contributed by atoms with Gasteiger partial charge in [0.2, 0.25) is 11.8 Å².